The van der Waals surface area contributed by atoms with Crippen molar-refractivity contribution in [1.29, 1.82) is 0 Å². The summed E-state index contributed by atoms with van der Waals surface area (Å²) in [6.45, 7) is 4.30. The number of carbonyl (C=O) groups excluding carboxylic acids is 3. The van der Waals surface area contributed by atoms with Gasteiger partial charge in [-0.2, -0.15) is 0 Å². The number of rotatable bonds is 52. The smallest absolute Gasteiger partial charge is 0.462 e. The summed E-state index contributed by atoms with van der Waals surface area (Å²) in [5.41, 5.74) is 0. The number of phosphoric ester groups is 1. The quantitative estimate of drug-likeness (QED) is 0.0197. The zero-order chi connectivity index (χ0) is 54.1. The van der Waals surface area contributed by atoms with Gasteiger partial charge >= 0.3 is 25.7 Å². The second kappa shape index (κ2) is 55.4. The molecule has 0 rings (SSSR count). The molecule has 74 heavy (non-hydrogen) atoms. The zero-order valence-electron chi connectivity index (χ0n) is 46.5. The van der Waals surface area contributed by atoms with Crippen molar-refractivity contribution in [2.75, 3.05) is 26.4 Å². The summed E-state index contributed by atoms with van der Waals surface area (Å²) in [7, 11) is -4.77. The fraction of sp³-hybridized carbons (Fsp3) is 0.661. The van der Waals surface area contributed by atoms with E-state index in [1.54, 1.807) is 0 Å². The summed E-state index contributed by atoms with van der Waals surface area (Å²) in [5, 5.41) is 9.80. The summed E-state index contributed by atoms with van der Waals surface area (Å²) in [6.07, 6.45) is 66.3. The minimum absolute atomic E-state index is 0.133. The number of esters is 3. The topological polar surface area (TPSA) is 155 Å². The third-order valence-electron chi connectivity index (χ3n) is 11.7. The van der Waals surface area contributed by atoms with Crippen molar-refractivity contribution in [3.8, 4) is 0 Å². The number of hydrogen-bond acceptors (Lipinski definition) is 10. The Morgan fingerprint density at radius 2 is 0.716 bits per heavy atom. The summed E-state index contributed by atoms with van der Waals surface area (Å²) in [4.78, 5) is 48.5. The Labute approximate surface area is 450 Å². The molecule has 0 aromatic rings. The SMILES string of the molecule is CC/C=C\C/C=C\C/C=C\C/C=C\C/C=C\CCCC(=O)OCC(COP(=O)(O)OCC(CO)OC(=O)CCCCC/C=C\C/C=C\C/C=C\CC)OC(=O)CCCCCCCCC/C=C\CCCCCCCC. The lowest BCUT2D eigenvalue weighted by Gasteiger charge is -2.21. The maximum atomic E-state index is 12.9. The number of aliphatic hydroxyl groups is 1. The molecule has 3 atom stereocenters. The molecule has 422 valence electrons. The summed E-state index contributed by atoms with van der Waals surface area (Å²) in [6, 6.07) is 0. The first-order valence-electron chi connectivity index (χ1n) is 28.8. The third-order valence-corrected chi connectivity index (χ3v) is 12.6. The van der Waals surface area contributed by atoms with Crippen LogP contribution in [0.2, 0.25) is 0 Å². The first-order valence-corrected chi connectivity index (χ1v) is 30.3. The average Bonchev–Trinajstić information content (AvgIpc) is 3.39. The van der Waals surface area contributed by atoms with Crippen molar-refractivity contribution in [3.05, 3.63) is 109 Å². The highest BCUT2D eigenvalue weighted by molar-refractivity contribution is 7.47. The molecule has 0 heterocycles. The van der Waals surface area contributed by atoms with Crippen LogP contribution in [0.15, 0.2) is 109 Å². The van der Waals surface area contributed by atoms with Gasteiger partial charge in [-0.05, 0) is 116 Å². The van der Waals surface area contributed by atoms with Gasteiger partial charge in [-0.1, -0.05) is 201 Å². The molecular formula is C62H103O11P. The number of ether oxygens (including phenoxy) is 3. The Morgan fingerprint density at radius 3 is 1.15 bits per heavy atom. The van der Waals surface area contributed by atoms with Crippen LogP contribution < -0.4 is 0 Å². The second-order valence-electron chi connectivity index (χ2n) is 18.7. The van der Waals surface area contributed by atoms with Crippen molar-refractivity contribution in [2.24, 2.45) is 0 Å². The lowest BCUT2D eigenvalue weighted by atomic mass is 10.1. The van der Waals surface area contributed by atoms with Crippen molar-refractivity contribution in [3.63, 3.8) is 0 Å². The molecule has 0 saturated heterocycles. The molecule has 0 radical (unpaired) electrons. The van der Waals surface area contributed by atoms with Crippen LogP contribution in [0.3, 0.4) is 0 Å². The van der Waals surface area contributed by atoms with Gasteiger partial charge in [0.15, 0.2) is 6.10 Å². The van der Waals surface area contributed by atoms with E-state index >= 15 is 0 Å². The van der Waals surface area contributed by atoms with E-state index in [0.717, 1.165) is 103 Å². The molecule has 11 nitrogen and oxygen atoms in total. The number of carbonyl (C=O) groups is 3. The van der Waals surface area contributed by atoms with Crippen LogP contribution in [0.4, 0.5) is 0 Å². The second-order valence-corrected chi connectivity index (χ2v) is 20.1. The van der Waals surface area contributed by atoms with Crippen LogP contribution >= 0.6 is 7.82 Å². The van der Waals surface area contributed by atoms with Gasteiger partial charge in [-0.3, -0.25) is 23.4 Å². The Hall–Kier alpha value is -3.86. The summed E-state index contributed by atoms with van der Waals surface area (Å²) >= 11 is 0. The van der Waals surface area contributed by atoms with Gasteiger partial charge < -0.3 is 24.2 Å². The normalized spacial score (nSPS) is 14.2. The van der Waals surface area contributed by atoms with Crippen molar-refractivity contribution >= 4 is 25.7 Å². The monoisotopic (exact) mass is 1050 g/mol. The molecule has 0 aliphatic heterocycles. The molecule has 0 aliphatic carbocycles. The largest absolute Gasteiger partial charge is 0.472 e. The molecule has 0 saturated carbocycles. The molecule has 0 aliphatic rings. The van der Waals surface area contributed by atoms with Crippen LogP contribution in [-0.4, -0.2) is 66.5 Å². The first-order chi connectivity index (χ1) is 36.2. The molecule has 0 bridgehead atoms. The fourth-order valence-corrected chi connectivity index (χ4v) is 8.12. The van der Waals surface area contributed by atoms with Crippen LogP contribution in [0.25, 0.3) is 0 Å². The minimum atomic E-state index is -4.77. The minimum Gasteiger partial charge on any atom is -0.462 e. The molecular weight excluding hydrogens is 952 g/mol. The van der Waals surface area contributed by atoms with E-state index in [9.17, 15) is 28.9 Å². The van der Waals surface area contributed by atoms with E-state index in [0.29, 0.717) is 25.7 Å². The van der Waals surface area contributed by atoms with Gasteiger partial charge in [0.05, 0.1) is 19.8 Å². The highest BCUT2D eigenvalue weighted by atomic mass is 31.2. The number of hydrogen-bond donors (Lipinski definition) is 2. The molecule has 0 fully saturated rings. The lowest BCUT2D eigenvalue weighted by molar-refractivity contribution is -0.161. The van der Waals surface area contributed by atoms with Crippen LogP contribution in [0.5, 0.6) is 0 Å². The third kappa shape index (κ3) is 53.0. The number of allylic oxidation sites excluding steroid dienone is 18. The van der Waals surface area contributed by atoms with Gasteiger partial charge in [0, 0.05) is 19.3 Å². The molecule has 2 N–H and O–H groups in total. The Balaban J connectivity index is 4.85. The average molecular weight is 1060 g/mol. The standard InChI is InChI=1S/C62H103O11P/c1-4-7-10-13-16-19-22-25-27-29-31-34-36-39-42-45-48-51-60(64)69-55-59(73-62(66)53-50-47-44-41-38-35-32-30-28-26-23-20-17-14-11-8-5-2)57-71-74(67,68)70-56-58(54-63)72-61(65)52-49-46-43-40-37-33-24-21-18-15-12-9-6-3/h7,9-10,12,16,18-19,21,25-28,31,33-34,37,39,42,58-59,63H,4-6,8,11,13-15,17,20,22-24,29-30,32,35-36,38,40-41,43-57H2,1-3H3,(H,67,68)/b10-7-,12-9-,19-16-,21-18-,27-25-,28-26-,34-31-,37-33-,42-39-. The summed E-state index contributed by atoms with van der Waals surface area (Å²) < 4.78 is 39.4. The van der Waals surface area contributed by atoms with Gasteiger partial charge in [-0.25, -0.2) is 4.57 Å². The fourth-order valence-electron chi connectivity index (χ4n) is 7.34. The van der Waals surface area contributed by atoms with Gasteiger partial charge in [-0.15, -0.1) is 0 Å². The van der Waals surface area contributed by atoms with E-state index in [1.165, 1.54) is 57.8 Å². The predicted octanol–water partition coefficient (Wildman–Crippen LogP) is 17.0. The molecule has 0 spiro atoms. The molecule has 3 unspecified atom stereocenters. The summed E-state index contributed by atoms with van der Waals surface area (Å²) in [5.74, 6) is -1.58. The van der Waals surface area contributed by atoms with E-state index in [2.05, 4.69) is 124 Å². The van der Waals surface area contributed by atoms with Gasteiger partial charge in [0.2, 0.25) is 0 Å². The molecule has 0 aromatic carbocycles. The lowest BCUT2D eigenvalue weighted by Crippen LogP contribution is -2.30. The van der Waals surface area contributed by atoms with E-state index in [1.807, 2.05) is 6.08 Å². The van der Waals surface area contributed by atoms with Crippen LogP contribution in [-0.2, 0) is 42.2 Å². The maximum Gasteiger partial charge on any atom is 0.472 e. The first kappa shape index (κ1) is 70.1. The Bertz CT molecular complexity index is 1660. The number of phosphoric acid groups is 1. The predicted molar refractivity (Wildman–Crippen MR) is 307 cm³/mol. The highest BCUT2D eigenvalue weighted by Gasteiger charge is 2.28. The zero-order valence-corrected chi connectivity index (χ0v) is 47.4. The van der Waals surface area contributed by atoms with Gasteiger partial charge in [0.1, 0.15) is 12.7 Å². The van der Waals surface area contributed by atoms with Gasteiger partial charge in [0.25, 0.3) is 0 Å². The van der Waals surface area contributed by atoms with E-state index < -0.39 is 57.8 Å². The van der Waals surface area contributed by atoms with Crippen molar-refractivity contribution in [2.45, 2.75) is 238 Å². The molecule has 0 amide bonds. The molecule has 12 heteroatoms. The Kier molecular flexibility index (Phi) is 52.5. The van der Waals surface area contributed by atoms with Crippen LogP contribution in [0, 0.1) is 0 Å². The van der Waals surface area contributed by atoms with Crippen LogP contribution in [0.1, 0.15) is 226 Å². The van der Waals surface area contributed by atoms with E-state index in [4.69, 9.17) is 23.3 Å². The Morgan fingerprint density at radius 1 is 0.392 bits per heavy atom. The molecule has 0 aromatic heterocycles. The number of aliphatic hydroxyl groups excluding tert-OH is 1. The number of unbranched alkanes of at least 4 members (excludes halogenated alkanes) is 17. The maximum absolute atomic E-state index is 12.9. The van der Waals surface area contributed by atoms with Crippen molar-refractivity contribution < 1.29 is 52.2 Å². The van der Waals surface area contributed by atoms with E-state index in [-0.39, 0.29) is 25.9 Å². The van der Waals surface area contributed by atoms with Crippen molar-refractivity contribution in [1.82, 2.24) is 0 Å². The highest BCUT2D eigenvalue weighted by Crippen LogP contribution is 2.43.